The number of hydrogen-bond donors (Lipinski definition) is 3. The Morgan fingerprint density at radius 1 is 1.18 bits per heavy atom. The van der Waals surface area contributed by atoms with E-state index in [9.17, 15) is 14.7 Å². The van der Waals surface area contributed by atoms with Gasteiger partial charge in [0.2, 0.25) is 0 Å². The lowest BCUT2D eigenvalue weighted by molar-refractivity contribution is -0.140. The molecule has 174 valence electrons. The van der Waals surface area contributed by atoms with E-state index in [1.54, 1.807) is 18.2 Å². The Bertz CT molecular complexity index is 1050. The highest BCUT2D eigenvalue weighted by Gasteiger charge is 2.45. The fraction of sp³-hybridized carbons (Fsp3) is 0.440. The molecule has 8 heteroatoms. The van der Waals surface area contributed by atoms with Gasteiger partial charge in [-0.05, 0) is 35.7 Å². The molecule has 2 aromatic rings. The Labute approximate surface area is 192 Å². The lowest BCUT2D eigenvalue weighted by atomic mass is 9.91. The van der Waals surface area contributed by atoms with E-state index in [-0.39, 0.29) is 18.4 Å². The van der Waals surface area contributed by atoms with Crippen LogP contribution in [-0.4, -0.2) is 66.4 Å². The number of rotatable bonds is 5. The second-order valence-electron chi connectivity index (χ2n) is 8.99. The first-order chi connectivity index (χ1) is 16.0. The number of nitrogens with one attached hydrogen (secondary N) is 2. The summed E-state index contributed by atoms with van der Waals surface area (Å²) in [5.41, 5.74) is 2.65. The summed E-state index contributed by atoms with van der Waals surface area (Å²) in [6.07, 6.45) is 1.29. The number of β-amino-alcohol motifs (C(OH)–C–C–N with tert-alkyl or cyclic N) is 1. The number of carbonyl (C=O) groups is 2. The third-order valence-corrected chi connectivity index (χ3v) is 6.69. The molecule has 0 aliphatic carbocycles. The highest BCUT2D eigenvalue weighted by atomic mass is 16.5. The molecule has 2 amide bonds. The first-order valence-corrected chi connectivity index (χ1v) is 11.5. The Kier molecular flexibility index (Phi) is 6.05. The number of carbonyl (C=O) groups excluding carboxylic acids is 2. The van der Waals surface area contributed by atoms with Crippen molar-refractivity contribution in [1.82, 2.24) is 10.2 Å². The van der Waals surface area contributed by atoms with Crippen LogP contribution in [0.1, 0.15) is 34.3 Å². The van der Waals surface area contributed by atoms with Crippen LogP contribution in [0, 0.1) is 0 Å². The van der Waals surface area contributed by atoms with Crippen LogP contribution in [0.5, 0.6) is 5.75 Å². The number of fused-ring (bicyclic) bond motifs is 2. The third kappa shape index (κ3) is 4.59. The van der Waals surface area contributed by atoms with E-state index >= 15 is 0 Å². The van der Waals surface area contributed by atoms with Gasteiger partial charge in [0.25, 0.3) is 11.8 Å². The maximum Gasteiger partial charge on any atom is 0.268 e. The van der Waals surface area contributed by atoms with E-state index in [0.717, 1.165) is 19.5 Å². The van der Waals surface area contributed by atoms with Crippen molar-refractivity contribution in [2.45, 2.75) is 37.5 Å². The number of aliphatic hydroxyl groups is 1. The Balaban J connectivity index is 1.16. The van der Waals surface area contributed by atoms with Gasteiger partial charge >= 0.3 is 0 Å². The Hall–Kier alpha value is -2.94. The van der Waals surface area contributed by atoms with Crippen LogP contribution in [0.2, 0.25) is 0 Å². The van der Waals surface area contributed by atoms with Gasteiger partial charge in [-0.1, -0.05) is 24.3 Å². The van der Waals surface area contributed by atoms with Gasteiger partial charge in [0, 0.05) is 44.6 Å². The molecule has 1 saturated heterocycles. The molecule has 1 atom stereocenters. The van der Waals surface area contributed by atoms with E-state index in [1.165, 1.54) is 11.1 Å². The molecular weight excluding hydrogens is 422 g/mol. The normalized spacial score (nSPS) is 20.2. The van der Waals surface area contributed by atoms with E-state index in [1.807, 2.05) is 6.07 Å². The maximum absolute atomic E-state index is 12.7. The zero-order chi connectivity index (χ0) is 22.8. The summed E-state index contributed by atoms with van der Waals surface area (Å²) < 4.78 is 11.4. The number of ether oxygens (including phenoxy) is 2. The van der Waals surface area contributed by atoms with Crippen molar-refractivity contribution in [2.24, 2.45) is 0 Å². The summed E-state index contributed by atoms with van der Waals surface area (Å²) in [7, 11) is 0. The first kappa shape index (κ1) is 21.9. The molecular formula is C25H29N3O5. The Morgan fingerprint density at radius 2 is 1.97 bits per heavy atom. The van der Waals surface area contributed by atoms with Gasteiger partial charge in [-0.25, -0.2) is 0 Å². The predicted molar refractivity (Wildman–Crippen MR) is 122 cm³/mol. The number of hydrogen-bond acceptors (Lipinski definition) is 6. The van der Waals surface area contributed by atoms with Crippen LogP contribution in [0.25, 0.3) is 0 Å². The molecule has 1 spiro atoms. The van der Waals surface area contributed by atoms with Crippen molar-refractivity contribution in [3.05, 3.63) is 59.2 Å². The number of benzene rings is 2. The molecule has 2 aromatic carbocycles. The molecule has 0 saturated carbocycles. The predicted octanol–water partition coefficient (Wildman–Crippen LogP) is 1.72. The van der Waals surface area contributed by atoms with Crippen molar-refractivity contribution in [1.29, 1.82) is 0 Å². The minimum absolute atomic E-state index is 0.153. The second kappa shape index (κ2) is 9.13. The maximum atomic E-state index is 12.7. The fourth-order valence-corrected chi connectivity index (χ4v) is 4.77. The average molecular weight is 452 g/mol. The molecule has 0 unspecified atom stereocenters. The van der Waals surface area contributed by atoms with Crippen LogP contribution in [0.3, 0.4) is 0 Å². The summed E-state index contributed by atoms with van der Waals surface area (Å²) >= 11 is 0. The van der Waals surface area contributed by atoms with Crippen LogP contribution < -0.4 is 15.4 Å². The molecule has 5 rings (SSSR count). The molecule has 0 radical (unpaired) electrons. The fourth-order valence-electron chi connectivity index (χ4n) is 4.77. The van der Waals surface area contributed by atoms with Crippen LogP contribution in [0.4, 0.5) is 5.69 Å². The second-order valence-corrected chi connectivity index (χ2v) is 8.99. The van der Waals surface area contributed by atoms with Crippen molar-refractivity contribution >= 4 is 17.5 Å². The van der Waals surface area contributed by atoms with Gasteiger partial charge in [0.15, 0.2) is 5.60 Å². The van der Waals surface area contributed by atoms with Gasteiger partial charge in [-0.3, -0.25) is 14.5 Å². The third-order valence-electron chi connectivity index (χ3n) is 6.69. The lowest BCUT2D eigenvalue weighted by Crippen LogP contribution is -2.54. The van der Waals surface area contributed by atoms with Crippen molar-refractivity contribution in [3.8, 4) is 5.75 Å². The summed E-state index contributed by atoms with van der Waals surface area (Å²) in [6.45, 7) is 3.30. The first-order valence-electron chi connectivity index (χ1n) is 11.5. The number of nitrogens with zero attached hydrogens (tertiary/aromatic N) is 1. The molecule has 0 bridgehead atoms. The molecule has 3 aliphatic rings. The van der Waals surface area contributed by atoms with E-state index in [2.05, 4.69) is 33.7 Å². The van der Waals surface area contributed by atoms with Crippen molar-refractivity contribution in [2.75, 3.05) is 38.2 Å². The molecule has 8 nitrogen and oxygen atoms in total. The van der Waals surface area contributed by atoms with Gasteiger partial charge in [0.1, 0.15) is 5.75 Å². The summed E-state index contributed by atoms with van der Waals surface area (Å²) in [5.74, 6) is 0.0503. The minimum Gasteiger partial charge on any atom is -0.475 e. The topological polar surface area (TPSA) is 100 Å². The SMILES string of the molecule is O=C(NC[C@H](O)CN1CCc2ccccc2C1)c1ccc2c(c1)NC(=O)C1(CCOCC1)O2. The van der Waals surface area contributed by atoms with E-state index in [0.29, 0.717) is 49.6 Å². The zero-order valence-electron chi connectivity index (χ0n) is 18.5. The van der Waals surface area contributed by atoms with Gasteiger partial charge in [-0.2, -0.15) is 0 Å². The zero-order valence-corrected chi connectivity index (χ0v) is 18.5. The van der Waals surface area contributed by atoms with E-state index < -0.39 is 11.7 Å². The summed E-state index contributed by atoms with van der Waals surface area (Å²) in [4.78, 5) is 27.5. The van der Waals surface area contributed by atoms with Gasteiger partial charge < -0.3 is 25.2 Å². The molecule has 0 aromatic heterocycles. The highest BCUT2D eigenvalue weighted by Crippen LogP contribution is 2.38. The van der Waals surface area contributed by atoms with Crippen molar-refractivity contribution in [3.63, 3.8) is 0 Å². The molecule has 3 aliphatic heterocycles. The number of anilines is 1. The summed E-state index contributed by atoms with van der Waals surface area (Å²) in [6, 6.07) is 13.4. The average Bonchev–Trinajstić information content (AvgIpc) is 2.83. The number of aliphatic hydroxyl groups excluding tert-OH is 1. The quantitative estimate of drug-likeness (QED) is 0.640. The molecule has 33 heavy (non-hydrogen) atoms. The standard InChI is InChI=1S/C25H29N3O5/c29-20(16-28-10-7-17-3-1-2-4-19(17)15-28)14-26-23(30)18-5-6-22-21(13-18)27-24(31)25(33-22)8-11-32-12-9-25/h1-6,13,20,29H,7-12,14-16H2,(H,26,30)(H,27,31)/t20-/m0/s1. The molecule has 3 N–H and O–H groups in total. The molecule has 1 fully saturated rings. The smallest absolute Gasteiger partial charge is 0.268 e. The minimum atomic E-state index is -0.895. The van der Waals surface area contributed by atoms with Crippen LogP contribution in [0.15, 0.2) is 42.5 Å². The largest absolute Gasteiger partial charge is 0.475 e. The Morgan fingerprint density at radius 3 is 2.79 bits per heavy atom. The van der Waals surface area contributed by atoms with Gasteiger partial charge in [-0.15, -0.1) is 0 Å². The van der Waals surface area contributed by atoms with Crippen molar-refractivity contribution < 1.29 is 24.2 Å². The monoisotopic (exact) mass is 451 g/mol. The van der Waals surface area contributed by atoms with Crippen LogP contribution >= 0.6 is 0 Å². The molecule has 3 heterocycles. The summed E-state index contributed by atoms with van der Waals surface area (Å²) in [5, 5.41) is 16.2. The van der Waals surface area contributed by atoms with Crippen LogP contribution in [-0.2, 0) is 22.5 Å². The number of amides is 2. The lowest BCUT2D eigenvalue weighted by Gasteiger charge is -2.39. The highest BCUT2D eigenvalue weighted by molar-refractivity contribution is 6.03. The van der Waals surface area contributed by atoms with E-state index in [4.69, 9.17) is 9.47 Å². The van der Waals surface area contributed by atoms with Gasteiger partial charge in [0.05, 0.1) is 25.0 Å².